The highest BCUT2D eigenvalue weighted by Crippen LogP contribution is 2.10. The van der Waals surface area contributed by atoms with Crippen LogP contribution in [0.1, 0.15) is 91.4 Å². The summed E-state index contributed by atoms with van der Waals surface area (Å²) in [5.41, 5.74) is 15.1. The molecule has 0 aliphatic carbocycles. The molecule has 0 bridgehead atoms. The molecule has 0 aliphatic rings. The number of hydrogen-bond donors (Lipinski definition) is 4. The van der Waals surface area contributed by atoms with Gasteiger partial charge in [0.05, 0.1) is 6.04 Å². The summed E-state index contributed by atoms with van der Waals surface area (Å²) in [5.74, 6) is -1.55. The highest BCUT2D eigenvalue weighted by Gasteiger charge is 2.09. The quantitative estimate of drug-likeness (QED) is 0.268. The first-order valence-corrected chi connectivity index (χ1v) is 10.3. The van der Waals surface area contributed by atoms with Crippen LogP contribution in [0, 0.1) is 5.92 Å². The highest BCUT2D eigenvalue weighted by molar-refractivity contribution is 6.34. The lowest BCUT2D eigenvalue weighted by Crippen LogP contribution is -2.37. The van der Waals surface area contributed by atoms with Crippen LogP contribution in [0.25, 0.3) is 0 Å². The van der Waals surface area contributed by atoms with E-state index in [4.69, 9.17) is 17.2 Å². The van der Waals surface area contributed by atoms with Crippen molar-refractivity contribution < 1.29 is 14.4 Å². The second-order valence-electron chi connectivity index (χ2n) is 7.44. The van der Waals surface area contributed by atoms with E-state index in [1.54, 1.807) is 0 Å². The average molecular weight is 387 g/mol. The zero-order chi connectivity index (χ0) is 21.1. The Labute approximate surface area is 165 Å². The first kappa shape index (κ1) is 27.6. The van der Waals surface area contributed by atoms with Gasteiger partial charge >= 0.3 is 11.8 Å². The number of carbonyl (C=O) groups is 3. The summed E-state index contributed by atoms with van der Waals surface area (Å²) in [6.45, 7) is 6.79. The molecule has 0 aromatic heterocycles. The van der Waals surface area contributed by atoms with E-state index in [1.165, 1.54) is 51.4 Å². The molecular weight excluding hydrogens is 344 g/mol. The van der Waals surface area contributed by atoms with Gasteiger partial charge in [0.2, 0.25) is 5.91 Å². The van der Waals surface area contributed by atoms with Crippen molar-refractivity contribution in [3.63, 3.8) is 0 Å². The molecule has 27 heavy (non-hydrogen) atoms. The molecule has 0 unspecified atom stereocenters. The summed E-state index contributed by atoms with van der Waals surface area (Å²) >= 11 is 0. The van der Waals surface area contributed by atoms with Crippen LogP contribution in [0.5, 0.6) is 0 Å². The van der Waals surface area contributed by atoms with Crippen LogP contribution in [0.2, 0.25) is 0 Å². The van der Waals surface area contributed by atoms with Crippen molar-refractivity contribution in [3.8, 4) is 0 Å². The standard InChI is InChI=1S/C14H28N2O2.C6H14N2O/c1-2-3-4-5-6-7-8-9-10-11-12-16-14(18)13(15)17;1-4(2)3-5(7)6(8)9/h2-12H2,1H3,(H2,15,17)(H,16,18);4-5H,3,7H2,1-2H3,(H2,8,9)/t;5-/m.0/s1. The van der Waals surface area contributed by atoms with Gasteiger partial charge in [0.25, 0.3) is 0 Å². The minimum absolute atomic E-state index is 0.413. The third-order valence-corrected chi connectivity index (χ3v) is 4.13. The Morgan fingerprint density at radius 3 is 1.59 bits per heavy atom. The number of nitrogens with two attached hydrogens (primary N) is 3. The van der Waals surface area contributed by atoms with Gasteiger partial charge in [-0.15, -0.1) is 0 Å². The lowest BCUT2D eigenvalue weighted by atomic mass is 10.0. The summed E-state index contributed by atoms with van der Waals surface area (Å²) in [7, 11) is 0. The number of unbranched alkanes of at least 4 members (excludes halogenated alkanes) is 9. The molecule has 0 saturated carbocycles. The van der Waals surface area contributed by atoms with Gasteiger partial charge in [-0.25, -0.2) is 0 Å². The largest absolute Gasteiger partial charge is 0.368 e. The lowest BCUT2D eigenvalue weighted by Gasteiger charge is -2.08. The van der Waals surface area contributed by atoms with Gasteiger partial charge in [-0.3, -0.25) is 14.4 Å². The van der Waals surface area contributed by atoms with E-state index >= 15 is 0 Å². The van der Waals surface area contributed by atoms with Crippen molar-refractivity contribution in [2.75, 3.05) is 6.54 Å². The molecule has 0 aromatic carbocycles. The van der Waals surface area contributed by atoms with Crippen molar-refractivity contribution in [3.05, 3.63) is 0 Å². The Hall–Kier alpha value is -1.63. The summed E-state index contributed by atoms with van der Waals surface area (Å²) in [6, 6.07) is -0.468. The van der Waals surface area contributed by atoms with Crippen LogP contribution in [-0.4, -0.2) is 30.3 Å². The molecule has 1 atom stereocenters. The fourth-order valence-electron chi connectivity index (χ4n) is 2.53. The first-order valence-electron chi connectivity index (χ1n) is 10.3. The maximum Gasteiger partial charge on any atom is 0.309 e. The molecule has 160 valence electrons. The Kier molecular flexibility index (Phi) is 19.6. The van der Waals surface area contributed by atoms with Crippen LogP contribution < -0.4 is 22.5 Å². The van der Waals surface area contributed by atoms with Gasteiger partial charge < -0.3 is 22.5 Å². The molecule has 0 aliphatic heterocycles. The predicted molar refractivity (Wildman–Crippen MR) is 111 cm³/mol. The lowest BCUT2D eigenvalue weighted by molar-refractivity contribution is -0.137. The van der Waals surface area contributed by atoms with Crippen molar-refractivity contribution >= 4 is 17.7 Å². The molecular formula is C20H42N4O3. The zero-order valence-electron chi connectivity index (χ0n) is 17.6. The van der Waals surface area contributed by atoms with Gasteiger partial charge in [-0.05, 0) is 18.8 Å². The van der Waals surface area contributed by atoms with Crippen molar-refractivity contribution in [2.24, 2.45) is 23.1 Å². The van der Waals surface area contributed by atoms with Crippen molar-refractivity contribution in [2.45, 2.75) is 97.4 Å². The van der Waals surface area contributed by atoms with Crippen LogP contribution >= 0.6 is 0 Å². The molecule has 0 saturated heterocycles. The number of amides is 3. The van der Waals surface area contributed by atoms with E-state index in [0.29, 0.717) is 18.9 Å². The Bertz CT molecular complexity index is 401. The second kappa shape index (κ2) is 19.1. The van der Waals surface area contributed by atoms with Crippen LogP contribution in [-0.2, 0) is 14.4 Å². The fourth-order valence-corrected chi connectivity index (χ4v) is 2.53. The summed E-state index contributed by atoms with van der Waals surface area (Å²) in [4.78, 5) is 31.6. The topological polar surface area (TPSA) is 141 Å². The maximum atomic E-state index is 10.8. The molecule has 0 spiro atoms. The van der Waals surface area contributed by atoms with Gasteiger partial charge in [-0.1, -0.05) is 78.6 Å². The maximum absolute atomic E-state index is 10.8. The smallest absolute Gasteiger partial charge is 0.309 e. The van der Waals surface area contributed by atoms with Gasteiger partial charge in [-0.2, -0.15) is 0 Å². The first-order chi connectivity index (χ1) is 12.7. The van der Waals surface area contributed by atoms with E-state index in [1.807, 2.05) is 13.8 Å². The Balaban J connectivity index is 0. The molecule has 0 radical (unpaired) electrons. The van der Waals surface area contributed by atoms with E-state index in [9.17, 15) is 14.4 Å². The molecule has 7 heteroatoms. The average Bonchev–Trinajstić information content (AvgIpc) is 2.59. The minimum atomic E-state index is -0.901. The van der Waals surface area contributed by atoms with Crippen molar-refractivity contribution in [1.29, 1.82) is 0 Å². The molecule has 0 heterocycles. The van der Waals surface area contributed by atoms with Gasteiger partial charge in [0.15, 0.2) is 0 Å². The zero-order valence-corrected chi connectivity index (χ0v) is 17.6. The SMILES string of the molecule is CC(C)C[C@H](N)C(N)=O.CCCCCCCCCCCCNC(=O)C(N)=O. The van der Waals surface area contributed by atoms with Crippen LogP contribution in [0.3, 0.4) is 0 Å². The number of rotatable bonds is 14. The molecule has 3 amide bonds. The monoisotopic (exact) mass is 386 g/mol. The number of hydrogen-bond acceptors (Lipinski definition) is 4. The highest BCUT2D eigenvalue weighted by atomic mass is 16.2. The fraction of sp³-hybridized carbons (Fsp3) is 0.850. The van der Waals surface area contributed by atoms with E-state index < -0.39 is 23.8 Å². The Morgan fingerprint density at radius 2 is 1.26 bits per heavy atom. The number of primary amides is 2. The van der Waals surface area contributed by atoms with E-state index in [2.05, 4.69) is 12.2 Å². The summed E-state index contributed by atoms with van der Waals surface area (Å²) in [5, 5.41) is 2.49. The van der Waals surface area contributed by atoms with Crippen molar-refractivity contribution in [1.82, 2.24) is 5.32 Å². The summed E-state index contributed by atoms with van der Waals surface area (Å²) < 4.78 is 0. The summed E-state index contributed by atoms with van der Waals surface area (Å²) in [6.07, 6.45) is 13.2. The van der Waals surface area contributed by atoms with Gasteiger partial charge in [0.1, 0.15) is 0 Å². The van der Waals surface area contributed by atoms with E-state index in [-0.39, 0.29) is 0 Å². The molecule has 0 fully saturated rings. The van der Waals surface area contributed by atoms with Gasteiger partial charge in [0, 0.05) is 6.54 Å². The third-order valence-electron chi connectivity index (χ3n) is 4.13. The van der Waals surface area contributed by atoms with E-state index in [0.717, 1.165) is 12.8 Å². The number of nitrogens with one attached hydrogen (secondary N) is 1. The Morgan fingerprint density at radius 1 is 0.815 bits per heavy atom. The predicted octanol–water partition coefficient (Wildman–Crippen LogP) is 2.35. The van der Waals surface area contributed by atoms with Crippen LogP contribution in [0.4, 0.5) is 0 Å². The molecule has 0 rings (SSSR count). The third kappa shape index (κ3) is 22.3. The normalized spacial score (nSPS) is 11.4. The second-order valence-corrected chi connectivity index (χ2v) is 7.44. The molecule has 7 N–H and O–H groups in total. The molecule has 0 aromatic rings. The molecule has 7 nitrogen and oxygen atoms in total. The number of carbonyl (C=O) groups excluding carboxylic acids is 3. The van der Waals surface area contributed by atoms with Crippen LogP contribution in [0.15, 0.2) is 0 Å². The minimum Gasteiger partial charge on any atom is -0.368 e.